The lowest BCUT2D eigenvalue weighted by atomic mass is 9.94. The molecule has 0 spiro atoms. The normalized spacial score (nSPS) is 18.6. The summed E-state index contributed by atoms with van der Waals surface area (Å²) in [4.78, 5) is 30.6. The lowest BCUT2D eigenvalue weighted by molar-refractivity contribution is -0.126. The first-order chi connectivity index (χ1) is 18.9. The van der Waals surface area contributed by atoms with Crippen LogP contribution in [0, 0.1) is 0 Å². The summed E-state index contributed by atoms with van der Waals surface area (Å²) in [5, 5.41) is 12.7. The monoisotopic (exact) mass is 585 g/mol. The Morgan fingerprint density at radius 2 is 1.90 bits per heavy atom. The molecular weight excluding hydrogens is 558 g/mol. The van der Waals surface area contributed by atoms with Gasteiger partial charge in [-0.3, -0.25) is 14.7 Å². The first kappa shape index (κ1) is 24.1. The second-order valence-corrected chi connectivity index (χ2v) is 11.4. The summed E-state index contributed by atoms with van der Waals surface area (Å²) in [5.74, 6) is 0.684. The van der Waals surface area contributed by atoms with Gasteiger partial charge in [0.1, 0.15) is 0 Å². The second-order valence-electron chi connectivity index (χ2n) is 10.5. The first-order valence-corrected chi connectivity index (χ1v) is 14.1. The van der Waals surface area contributed by atoms with E-state index in [1.165, 1.54) is 24.5 Å². The van der Waals surface area contributed by atoms with E-state index in [0.717, 1.165) is 27.1 Å². The number of halogens is 1. The van der Waals surface area contributed by atoms with Gasteiger partial charge in [0.25, 0.3) is 5.91 Å². The van der Waals surface area contributed by atoms with Crippen LogP contribution in [0.15, 0.2) is 53.5 Å². The summed E-state index contributed by atoms with van der Waals surface area (Å²) >= 11 is 3.52. The second kappa shape index (κ2) is 9.08. The number of anilines is 1. The fraction of sp³-hybridized carbons (Fsp3) is 0.310. The van der Waals surface area contributed by atoms with Crippen molar-refractivity contribution in [1.29, 1.82) is 0 Å². The number of nitrogens with one attached hydrogen (secondary N) is 1. The molecule has 1 saturated carbocycles. The summed E-state index contributed by atoms with van der Waals surface area (Å²) in [6.45, 7) is 5.08. The molecule has 0 radical (unpaired) electrons. The molecule has 1 fully saturated rings. The van der Waals surface area contributed by atoms with E-state index in [-0.39, 0.29) is 23.7 Å². The number of carbonyl (C=O) groups is 2. The zero-order valence-electron chi connectivity index (χ0n) is 21.4. The first-order valence-electron chi connectivity index (χ1n) is 13.3. The van der Waals surface area contributed by atoms with Crippen LogP contribution in [-0.2, 0) is 17.6 Å². The standard InChI is InChI=1S/C29H28BrN7O2/c1-2-24(38)35-13-11-21-26-22(37(34-21)18-7-5-17(6-8-18)16-3-4-16)12-14-36(23(26)15-35)29(39)19-9-10-20(30)27-25(19)28(31)33-32-27/h2,5-10,16,23H,1,3-4,11-15H2,(H3,31,32,33). The van der Waals surface area contributed by atoms with E-state index in [2.05, 4.69) is 57.0 Å². The van der Waals surface area contributed by atoms with Crippen LogP contribution in [0.3, 0.4) is 0 Å². The van der Waals surface area contributed by atoms with Crippen LogP contribution < -0.4 is 5.73 Å². The van der Waals surface area contributed by atoms with Gasteiger partial charge >= 0.3 is 0 Å². The highest BCUT2D eigenvalue weighted by molar-refractivity contribution is 9.10. The van der Waals surface area contributed by atoms with Crippen LogP contribution in [0.5, 0.6) is 0 Å². The minimum Gasteiger partial charge on any atom is -0.382 e. The number of benzene rings is 2. The van der Waals surface area contributed by atoms with Gasteiger partial charge < -0.3 is 15.5 Å². The molecule has 198 valence electrons. The lowest BCUT2D eigenvalue weighted by Crippen LogP contribution is -2.45. The fourth-order valence-corrected chi connectivity index (χ4v) is 6.56. The molecule has 1 aliphatic carbocycles. The van der Waals surface area contributed by atoms with Crippen molar-refractivity contribution in [3.8, 4) is 5.69 Å². The summed E-state index contributed by atoms with van der Waals surface area (Å²) < 4.78 is 2.83. The van der Waals surface area contributed by atoms with Crippen LogP contribution >= 0.6 is 15.9 Å². The molecule has 0 bridgehead atoms. The van der Waals surface area contributed by atoms with E-state index in [0.29, 0.717) is 54.9 Å². The van der Waals surface area contributed by atoms with Crippen molar-refractivity contribution in [1.82, 2.24) is 29.8 Å². The number of aromatic amines is 1. The third-order valence-corrected chi connectivity index (χ3v) is 8.93. The van der Waals surface area contributed by atoms with Gasteiger partial charge in [0.15, 0.2) is 5.82 Å². The average Bonchev–Trinajstić information content (AvgIpc) is 3.68. The molecule has 3 N–H and O–H groups in total. The van der Waals surface area contributed by atoms with Gasteiger partial charge in [-0.15, -0.1) is 0 Å². The minimum absolute atomic E-state index is 0.142. The molecule has 10 heteroatoms. The summed E-state index contributed by atoms with van der Waals surface area (Å²) in [6.07, 6.45) is 5.14. The molecule has 4 heterocycles. The van der Waals surface area contributed by atoms with E-state index in [4.69, 9.17) is 10.8 Å². The number of amides is 2. The van der Waals surface area contributed by atoms with Crippen molar-refractivity contribution in [3.05, 3.63) is 81.6 Å². The molecule has 1 atom stereocenters. The molecule has 39 heavy (non-hydrogen) atoms. The molecule has 9 nitrogen and oxygen atoms in total. The molecule has 3 aliphatic rings. The quantitative estimate of drug-likeness (QED) is 0.347. The molecule has 0 saturated heterocycles. The maximum Gasteiger partial charge on any atom is 0.255 e. The Morgan fingerprint density at radius 3 is 2.64 bits per heavy atom. The number of nitrogens with two attached hydrogens (primary N) is 1. The van der Waals surface area contributed by atoms with Crippen molar-refractivity contribution in [3.63, 3.8) is 0 Å². The largest absolute Gasteiger partial charge is 0.382 e. The highest BCUT2D eigenvalue weighted by Gasteiger charge is 2.40. The third kappa shape index (κ3) is 3.88. The summed E-state index contributed by atoms with van der Waals surface area (Å²) in [7, 11) is 0. The Balaban J connectivity index is 1.32. The molecule has 2 aliphatic heterocycles. The van der Waals surface area contributed by atoms with Crippen molar-refractivity contribution in [2.45, 2.75) is 37.6 Å². The fourth-order valence-electron chi connectivity index (χ4n) is 6.14. The maximum atomic E-state index is 14.2. The highest BCUT2D eigenvalue weighted by Crippen LogP contribution is 2.41. The Morgan fingerprint density at radius 1 is 1.10 bits per heavy atom. The van der Waals surface area contributed by atoms with Gasteiger partial charge in [-0.2, -0.15) is 10.2 Å². The van der Waals surface area contributed by atoms with E-state index in [1.54, 1.807) is 11.0 Å². The number of carbonyl (C=O) groups excluding carboxylic acids is 2. The number of rotatable bonds is 4. The van der Waals surface area contributed by atoms with Crippen LogP contribution in [-0.4, -0.2) is 61.2 Å². The summed E-state index contributed by atoms with van der Waals surface area (Å²) in [5.41, 5.74) is 12.9. The van der Waals surface area contributed by atoms with Gasteiger partial charge in [0.05, 0.1) is 39.6 Å². The van der Waals surface area contributed by atoms with Crippen LogP contribution in [0.4, 0.5) is 5.82 Å². The summed E-state index contributed by atoms with van der Waals surface area (Å²) in [6, 6.07) is 12.0. The third-order valence-electron chi connectivity index (χ3n) is 8.27. The molecule has 4 aromatic rings. The van der Waals surface area contributed by atoms with E-state index in [1.807, 2.05) is 15.6 Å². The van der Waals surface area contributed by atoms with E-state index >= 15 is 0 Å². The molecular formula is C29H28BrN7O2. The zero-order chi connectivity index (χ0) is 26.8. The van der Waals surface area contributed by atoms with Gasteiger partial charge in [-0.05, 0) is 70.6 Å². The number of aromatic nitrogens is 4. The zero-order valence-corrected chi connectivity index (χ0v) is 22.9. The molecule has 2 aromatic carbocycles. The van der Waals surface area contributed by atoms with Gasteiger partial charge in [0, 0.05) is 42.5 Å². The Hall–Kier alpha value is -3.92. The minimum atomic E-state index is -0.339. The van der Waals surface area contributed by atoms with Crippen molar-refractivity contribution < 1.29 is 9.59 Å². The Labute approximate surface area is 233 Å². The predicted octanol–water partition coefficient (Wildman–Crippen LogP) is 4.28. The predicted molar refractivity (Wildman–Crippen MR) is 152 cm³/mol. The van der Waals surface area contributed by atoms with Gasteiger partial charge in [0.2, 0.25) is 5.91 Å². The Bertz CT molecular complexity index is 1650. The molecule has 1 unspecified atom stereocenters. The van der Waals surface area contributed by atoms with E-state index < -0.39 is 0 Å². The number of nitrogens with zero attached hydrogens (tertiary/aromatic N) is 5. The SMILES string of the molecule is C=CC(=O)N1CCc2nn(-c3ccc(C4CC4)cc3)c3c2C(C1)N(C(=O)c1ccc(Br)c2[nH]nc(N)c12)CC3. The number of nitrogen functional groups attached to an aromatic ring is 1. The number of hydrogen-bond acceptors (Lipinski definition) is 5. The number of H-pyrrole nitrogens is 1. The van der Waals surface area contributed by atoms with Crippen LogP contribution in [0.1, 0.15) is 57.7 Å². The highest BCUT2D eigenvalue weighted by atomic mass is 79.9. The van der Waals surface area contributed by atoms with Crippen molar-refractivity contribution >= 4 is 44.5 Å². The average molecular weight is 586 g/mol. The van der Waals surface area contributed by atoms with Crippen LogP contribution in [0.25, 0.3) is 16.6 Å². The van der Waals surface area contributed by atoms with Crippen molar-refractivity contribution in [2.75, 3.05) is 25.4 Å². The number of hydrogen-bond donors (Lipinski definition) is 2. The van der Waals surface area contributed by atoms with Crippen molar-refractivity contribution in [2.24, 2.45) is 0 Å². The maximum absolute atomic E-state index is 14.2. The van der Waals surface area contributed by atoms with E-state index in [9.17, 15) is 9.59 Å². The smallest absolute Gasteiger partial charge is 0.255 e. The number of fused-ring (bicyclic) bond motifs is 1. The molecule has 2 amide bonds. The molecule has 7 rings (SSSR count). The van der Waals surface area contributed by atoms with Gasteiger partial charge in [-0.25, -0.2) is 4.68 Å². The molecule has 2 aromatic heterocycles. The topological polar surface area (TPSA) is 113 Å². The van der Waals surface area contributed by atoms with Crippen LogP contribution in [0.2, 0.25) is 0 Å². The lowest BCUT2D eigenvalue weighted by Gasteiger charge is -2.38. The Kier molecular flexibility index (Phi) is 5.62. The van der Waals surface area contributed by atoms with Gasteiger partial charge in [-0.1, -0.05) is 18.7 Å².